The molecule has 0 bridgehead atoms. The fourth-order valence-electron chi connectivity index (χ4n) is 1.51. The molecule has 2 atom stereocenters. The van der Waals surface area contributed by atoms with Gasteiger partial charge in [0.15, 0.2) is 0 Å². The topological polar surface area (TPSA) is 30.5 Å². The predicted molar refractivity (Wildman–Crippen MR) is 52.6 cm³/mol. The zero-order valence-electron chi connectivity index (χ0n) is 8.67. The van der Waals surface area contributed by atoms with Crippen LogP contribution in [0.1, 0.15) is 20.3 Å². The summed E-state index contributed by atoms with van der Waals surface area (Å²) in [5, 5.41) is 3.36. The van der Waals surface area contributed by atoms with Crippen LogP contribution in [-0.4, -0.2) is 32.4 Å². The summed E-state index contributed by atoms with van der Waals surface area (Å²) >= 11 is 0. The van der Waals surface area contributed by atoms with Crippen molar-refractivity contribution in [2.24, 2.45) is 0 Å². The van der Waals surface area contributed by atoms with Gasteiger partial charge in [-0.15, -0.1) is 0 Å². The Morgan fingerprint density at radius 3 is 2.92 bits per heavy atom. The maximum absolute atomic E-state index is 5.51. The lowest BCUT2D eigenvalue weighted by Gasteiger charge is -2.24. The van der Waals surface area contributed by atoms with Gasteiger partial charge in [0, 0.05) is 13.5 Å². The van der Waals surface area contributed by atoms with Crippen LogP contribution in [0.15, 0.2) is 11.8 Å². The van der Waals surface area contributed by atoms with Gasteiger partial charge in [-0.25, -0.2) is 0 Å². The first-order valence-corrected chi connectivity index (χ1v) is 4.88. The van der Waals surface area contributed by atoms with Crippen LogP contribution < -0.4 is 5.32 Å². The third-order valence-electron chi connectivity index (χ3n) is 2.30. The molecule has 0 aromatic carbocycles. The Morgan fingerprint density at radius 1 is 1.69 bits per heavy atom. The minimum Gasteiger partial charge on any atom is -0.496 e. The van der Waals surface area contributed by atoms with Gasteiger partial charge in [0.2, 0.25) is 0 Å². The van der Waals surface area contributed by atoms with Crippen LogP contribution in [0.3, 0.4) is 0 Å². The number of rotatable bonds is 5. The van der Waals surface area contributed by atoms with Crippen molar-refractivity contribution < 1.29 is 9.47 Å². The summed E-state index contributed by atoms with van der Waals surface area (Å²) in [5.41, 5.74) is 0. The second-order valence-electron chi connectivity index (χ2n) is 3.22. The van der Waals surface area contributed by atoms with Crippen LogP contribution in [0.2, 0.25) is 0 Å². The van der Waals surface area contributed by atoms with Crippen molar-refractivity contribution in [3.63, 3.8) is 0 Å². The van der Waals surface area contributed by atoms with E-state index in [2.05, 4.69) is 25.2 Å². The highest BCUT2D eigenvalue weighted by Gasteiger charge is 2.23. The Morgan fingerprint density at radius 2 is 2.46 bits per heavy atom. The lowest BCUT2D eigenvalue weighted by Crippen LogP contribution is -2.41. The van der Waals surface area contributed by atoms with E-state index in [0.717, 1.165) is 25.3 Å². The number of ether oxygens (including phenoxy) is 2. The average Bonchev–Trinajstić information content (AvgIpc) is 2.65. The minimum atomic E-state index is 0.157. The first kappa shape index (κ1) is 10.5. The van der Waals surface area contributed by atoms with Gasteiger partial charge < -0.3 is 14.8 Å². The maximum atomic E-state index is 5.51. The van der Waals surface area contributed by atoms with Crippen LogP contribution in [0.5, 0.6) is 0 Å². The van der Waals surface area contributed by atoms with E-state index in [1.165, 1.54) is 0 Å². The van der Waals surface area contributed by atoms with Crippen molar-refractivity contribution in [2.45, 2.75) is 32.4 Å². The molecule has 1 aliphatic rings. The molecule has 0 spiro atoms. The number of hydrogen-bond acceptors (Lipinski definition) is 3. The molecule has 1 heterocycles. The Kier molecular flexibility index (Phi) is 4.25. The molecule has 1 N–H and O–H groups in total. The summed E-state index contributed by atoms with van der Waals surface area (Å²) in [6.45, 7) is 5.88. The molecule has 0 aromatic heterocycles. The van der Waals surface area contributed by atoms with Crippen LogP contribution >= 0.6 is 0 Å². The normalized spacial score (nSPS) is 20.7. The molecule has 0 radical (unpaired) electrons. The molecule has 0 amide bonds. The monoisotopic (exact) mass is 185 g/mol. The van der Waals surface area contributed by atoms with E-state index in [-0.39, 0.29) is 12.1 Å². The Hall–Kier alpha value is -0.540. The van der Waals surface area contributed by atoms with Crippen LogP contribution in [0.4, 0.5) is 0 Å². The van der Waals surface area contributed by atoms with E-state index >= 15 is 0 Å². The van der Waals surface area contributed by atoms with Crippen molar-refractivity contribution in [2.75, 3.05) is 20.3 Å². The zero-order valence-corrected chi connectivity index (χ0v) is 8.67. The molecule has 1 aliphatic heterocycles. The van der Waals surface area contributed by atoms with Crippen LogP contribution in [0, 0.1) is 0 Å². The second kappa shape index (κ2) is 5.25. The number of likely N-dealkylation sites (N-methyl/N-ethyl adjacent to an activating group) is 1. The smallest absolute Gasteiger partial charge is 0.112 e. The van der Waals surface area contributed by atoms with Gasteiger partial charge in [-0.05, 0) is 19.5 Å². The van der Waals surface area contributed by atoms with E-state index in [9.17, 15) is 0 Å². The van der Waals surface area contributed by atoms with E-state index in [0.29, 0.717) is 0 Å². The van der Waals surface area contributed by atoms with Gasteiger partial charge >= 0.3 is 0 Å². The molecule has 0 aromatic rings. The molecule has 0 aliphatic carbocycles. The fraction of sp³-hybridized carbons (Fsp3) is 0.800. The molecule has 1 rings (SSSR count). The number of methoxy groups -OCH3 is 1. The van der Waals surface area contributed by atoms with Crippen molar-refractivity contribution in [1.29, 1.82) is 0 Å². The van der Waals surface area contributed by atoms with Crippen molar-refractivity contribution in [1.82, 2.24) is 5.32 Å². The molecular weight excluding hydrogens is 166 g/mol. The van der Waals surface area contributed by atoms with Crippen LogP contribution in [-0.2, 0) is 9.47 Å². The van der Waals surface area contributed by atoms with Gasteiger partial charge in [-0.1, -0.05) is 6.92 Å². The Bertz CT molecular complexity index is 180. The molecule has 76 valence electrons. The quantitative estimate of drug-likeness (QED) is 0.700. The van der Waals surface area contributed by atoms with E-state index in [4.69, 9.17) is 9.47 Å². The van der Waals surface area contributed by atoms with E-state index in [1.54, 1.807) is 7.11 Å². The van der Waals surface area contributed by atoms with Gasteiger partial charge in [0.1, 0.15) is 5.76 Å². The molecule has 13 heavy (non-hydrogen) atoms. The lowest BCUT2D eigenvalue weighted by atomic mass is 10.1. The first-order chi connectivity index (χ1) is 6.29. The summed E-state index contributed by atoms with van der Waals surface area (Å²) in [7, 11) is 1.73. The lowest BCUT2D eigenvalue weighted by molar-refractivity contribution is 0.0719. The minimum absolute atomic E-state index is 0.157. The first-order valence-electron chi connectivity index (χ1n) is 4.88. The van der Waals surface area contributed by atoms with Gasteiger partial charge in [0.25, 0.3) is 0 Å². The molecule has 0 saturated heterocycles. The highest BCUT2D eigenvalue weighted by atomic mass is 16.5. The third kappa shape index (κ3) is 2.71. The number of hydrogen-bond donors (Lipinski definition) is 1. The predicted octanol–water partition coefficient (Wildman–Crippen LogP) is 1.30. The maximum Gasteiger partial charge on any atom is 0.112 e. The SMILES string of the molecule is CCNC(C1=CCCO1)C(C)OC. The van der Waals surface area contributed by atoms with E-state index in [1.807, 2.05) is 0 Å². The van der Waals surface area contributed by atoms with Gasteiger partial charge in [-0.2, -0.15) is 0 Å². The highest BCUT2D eigenvalue weighted by Crippen LogP contribution is 2.17. The average molecular weight is 185 g/mol. The molecule has 3 heteroatoms. The molecule has 3 nitrogen and oxygen atoms in total. The summed E-state index contributed by atoms with van der Waals surface area (Å²) in [6.07, 6.45) is 3.32. The summed E-state index contributed by atoms with van der Waals surface area (Å²) in [5.74, 6) is 1.04. The third-order valence-corrected chi connectivity index (χ3v) is 2.30. The fourth-order valence-corrected chi connectivity index (χ4v) is 1.51. The van der Waals surface area contributed by atoms with Crippen molar-refractivity contribution >= 4 is 0 Å². The van der Waals surface area contributed by atoms with Crippen LogP contribution in [0.25, 0.3) is 0 Å². The Labute approximate surface area is 80.1 Å². The van der Waals surface area contributed by atoms with Gasteiger partial charge in [-0.3, -0.25) is 0 Å². The molecule has 0 saturated carbocycles. The summed E-state index contributed by atoms with van der Waals surface area (Å²) < 4.78 is 10.8. The molecule has 0 fully saturated rings. The second-order valence-corrected chi connectivity index (χ2v) is 3.22. The largest absolute Gasteiger partial charge is 0.496 e. The zero-order chi connectivity index (χ0) is 9.68. The number of nitrogens with one attached hydrogen (secondary N) is 1. The molecule has 2 unspecified atom stereocenters. The summed E-state index contributed by atoms with van der Waals surface area (Å²) in [4.78, 5) is 0. The molecular formula is C10H19NO2. The van der Waals surface area contributed by atoms with E-state index < -0.39 is 0 Å². The van der Waals surface area contributed by atoms with Crippen molar-refractivity contribution in [3.8, 4) is 0 Å². The van der Waals surface area contributed by atoms with Gasteiger partial charge in [0.05, 0.1) is 18.8 Å². The van der Waals surface area contributed by atoms with Crippen molar-refractivity contribution in [3.05, 3.63) is 11.8 Å². The summed E-state index contributed by atoms with van der Waals surface area (Å²) in [6, 6.07) is 0.206. The highest BCUT2D eigenvalue weighted by molar-refractivity contribution is 5.09. The Balaban J connectivity index is 2.55. The standard InChI is InChI=1S/C10H19NO2/c1-4-11-10(8(2)12-3)9-6-5-7-13-9/h6,8,10-11H,4-5,7H2,1-3H3.